The van der Waals surface area contributed by atoms with Gasteiger partial charge in [-0.25, -0.2) is 0 Å². The number of rotatable bonds is 6. The number of carbonyl (C=O) groups is 1. The van der Waals surface area contributed by atoms with E-state index in [1.165, 1.54) is 0 Å². The monoisotopic (exact) mass is 248 g/mol. The molecule has 3 nitrogen and oxygen atoms in total. The molecule has 1 aromatic carbocycles. The molecule has 0 spiro atoms. The number of aryl methyl sites for hydroxylation is 1. The minimum absolute atomic E-state index is 0.231. The number of amides is 1. The highest BCUT2D eigenvalue weighted by molar-refractivity contribution is 5.76. The first-order chi connectivity index (χ1) is 8.58. The van der Waals surface area contributed by atoms with E-state index in [2.05, 4.69) is 13.8 Å². The van der Waals surface area contributed by atoms with Crippen LogP contribution in [-0.4, -0.2) is 23.4 Å². The van der Waals surface area contributed by atoms with Crippen molar-refractivity contribution in [3.8, 4) is 0 Å². The van der Waals surface area contributed by atoms with Gasteiger partial charge in [0.05, 0.1) is 0 Å². The van der Waals surface area contributed by atoms with Crippen LogP contribution in [-0.2, 0) is 11.2 Å². The Kier molecular flexibility index (Phi) is 5.69. The molecule has 0 saturated carbocycles. The summed E-state index contributed by atoms with van der Waals surface area (Å²) >= 11 is 0. The maximum atomic E-state index is 12.1. The van der Waals surface area contributed by atoms with E-state index >= 15 is 0 Å². The molecule has 0 radical (unpaired) electrons. The highest BCUT2D eigenvalue weighted by Crippen LogP contribution is 2.11. The molecule has 1 unspecified atom stereocenters. The van der Waals surface area contributed by atoms with Gasteiger partial charge in [-0.3, -0.25) is 4.79 Å². The molecule has 1 amide bonds. The number of hydrogen-bond acceptors (Lipinski definition) is 2. The highest BCUT2D eigenvalue weighted by atomic mass is 16.2. The van der Waals surface area contributed by atoms with E-state index < -0.39 is 0 Å². The molecule has 1 rings (SSSR count). The maximum Gasteiger partial charge on any atom is 0.223 e. The minimum atomic E-state index is 0.231. The molecule has 3 heteroatoms. The fourth-order valence-corrected chi connectivity index (χ4v) is 2.10. The van der Waals surface area contributed by atoms with E-state index in [1.807, 2.05) is 36.1 Å². The lowest BCUT2D eigenvalue weighted by molar-refractivity contribution is -0.133. The Morgan fingerprint density at radius 2 is 2.11 bits per heavy atom. The average molecular weight is 248 g/mol. The van der Waals surface area contributed by atoms with Gasteiger partial charge in [0.15, 0.2) is 0 Å². The zero-order valence-corrected chi connectivity index (χ0v) is 11.6. The lowest BCUT2D eigenvalue weighted by Gasteiger charge is -2.27. The summed E-state index contributed by atoms with van der Waals surface area (Å²) in [4.78, 5) is 14.1. The third-order valence-corrected chi connectivity index (χ3v) is 3.36. The van der Waals surface area contributed by atoms with Crippen LogP contribution in [0, 0.1) is 0 Å². The largest absolute Gasteiger partial charge is 0.399 e. The molecule has 2 N–H and O–H groups in total. The van der Waals surface area contributed by atoms with E-state index in [0.29, 0.717) is 12.5 Å². The number of benzene rings is 1. The van der Waals surface area contributed by atoms with Crippen molar-refractivity contribution < 1.29 is 4.79 Å². The molecule has 0 aliphatic rings. The second kappa shape index (κ2) is 7.04. The Morgan fingerprint density at radius 3 is 2.67 bits per heavy atom. The quantitative estimate of drug-likeness (QED) is 0.787. The van der Waals surface area contributed by atoms with Crippen molar-refractivity contribution in [1.29, 1.82) is 0 Å². The zero-order chi connectivity index (χ0) is 13.5. The predicted octanol–water partition coefficient (Wildman–Crippen LogP) is 2.85. The number of carbonyl (C=O) groups excluding carboxylic acids is 1. The number of hydrogen-bond donors (Lipinski definition) is 1. The van der Waals surface area contributed by atoms with Gasteiger partial charge in [0, 0.05) is 24.7 Å². The molecule has 18 heavy (non-hydrogen) atoms. The molecule has 0 aliphatic carbocycles. The van der Waals surface area contributed by atoms with Gasteiger partial charge < -0.3 is 10.6 Å². The van der Waals surface area contributed by atoms with Crippen molar-refractivity contribution in [2.45, 2.75) is 46.1 Å². The summed E-state index contributed by atoms with van der Waals surface area (Å²) in [5.41, 5.74) is 7.61. The van der Waals surface area contributed by atoms with Gasteiger partial charge in [-0.05, 0) is 44.4 Å². The number of anilines is 1. The Balaban J connectivity index is 2.54. The Bertz CT molecular complexity index is 390. The lowest BCUT2D eigenvalue weighted by atomic mass is 10.1. The first-order valence-electron chi connectivity index (χ1n) is 6.72. The lowest BCUT2D eigenvalue weighted by Crippen LogP contribution is -2.38. The molecular weight excluding hydrogens is 224 g/mol. The molecule has 100 valence electrons. The van der Waals surface area contributed by atoms with E-state index in [4.69, 9.17) is 5.73 Å². The Labute approximate surface area is 110 Å². The highest BCUT2D eigenvalue weighted by Gasteiger charge is 2.16. The molecular formula is C15H24N2O. The van der Waals surface area contributed by atoms with Crippen molar-refractivity contribution in [2.24, 2.45) is 0 Å². The van der Waals surface area contributed by atoms with Crippen molar-refractivity contribution in [2.75, 3.05) is 12.3 Å². The smallest absolute Gasteiger partial charge is 0.223 e. The van der Waals surface area contributed by atoms with Crippen LogP contribution in [0.1, 0.15) is 39.2 Å². The summed E-state index contributed by atoms with van der Waals surface area (Å²) in [7, 11) is 0. The van der Waals surface area contributed by atoms with E-state index in [1.54, 1.807) is 0 Å². The van der Waals surface area contributed by atoms with E-state index in [9.17, 15) is 4.79 Å². The molecule has 0 aromatic heterocycles. The van der Waals surface area contributed by atoms with Crippen LogP contribution in [0.15, 0.2) is 24.3 Å². The van der Waals surface area contributed by atoms with Crippen molar-refractivity contribution >= 4 is 11.6 Å². The van der Waals surface area contributed by atoms with Crippen molar-refractivity contribution in [3.63, 3.8) is 0 Å². The molecule has 0 aliphatic heterocycles. The summed E-state index contributed by atoms with van der Waals surface area (Å²) in [5.74, 6) is 0.231. The number of nitrogens with two attached hydrogens (primary N) is 1. The van der Waals surface area contributed by atoms with Gasteiger partial charge in [-0.15, -0.1) is 0 Å². The SMILES string of the molecule is CCC(C)N(CC)C(=O)CCc1cccc(N)c1. The van der Waals surface area contributed by atoms with Crippen LogP contribution in [0.4, 0.5) is 5.69 Å². The average Bonchev–Trinajstić information content (AvgIpc) is 2.37. The van der Waals surface area contributed by atoms with Gasteiger partial charge in [-0.1, -0.05) is 19.1 Å². The summed E-state index contributed by atoms with van der Waals surface area (Å²) in [6.07, 6.45) is 2.32. The third-order valence-electron chi connectivity index (χ3n) is 3.36. The van der Waals surface area contributed by atoms with Gasteiger partial charge >= 0.3 is 0 Å². The second-order valence-corrected chi connectivity index (χ2v) is 4.68. The van der Waals surface area contributed by atoms with Gasteiger partial charge in [-0.2, -0.15) is 0 Å². The zero-order valence-electron chi connectivity index (χ0n) is 11.6. The molecule has 1 atom stereocenters. The van der Waals surface area contributed by atoms with Crippen LogP contribution >= 0.6 is 0 Å². The summed E-state index contributed by atoms with van der Waals surface area (Å²) in [6, 6.07) is 8.07. The molecule has 0 heterocycles. The number of nitrogen functional groups attached to an aromatic ring is 1. The summed E-state index contributed by atoms with van der Waals surface area (Å²) in [6.45, 7) is 7.02. The van der Waals surface area contributed by atoms with Crippen LogP contribution in [0.25, 0.3) is 0 Å². The van der Waals surface area contributed by atoms with Crippen LogP contribution in [0.5, 0.6) is 0 Å². The first-order valence-corrected chi connectivity index (χ1v) is 6.72. The normalized spacial score (nSPS) is 12.2. The molecule has 0 fully saturated rings. The fourth-order valence-electron chi connectivity index (χ4n) is 2.10. The molecule has 1 aromatic rings. The topological polar surface area (TPSA) is 46.3 Å². The van der Waals surface area contributed by atoms with Crippen LogP contribution < -0.4 is 5.73 Å². The minimum Gasteiger partial charge on any atom is -0.399 e. The van der Waals surface area contributed by atoms with E-state index in [-0.39, 0.29) is 5.91 Å². The summed E-state index contributed by atoms with van der Waals surface area (Å²) < 4.78 is 0. The maximum absolute atomic E-state index is 12.1. The van der Waals surface area contributed by atoms with Crippen molar-refractivity contribution in [3.05, 3.63) is 29.8 Å². The predicted molar refractivity (Wildman–Crippen MR) is 76.3 cm³/mol. The van der Waals surface area contributed by atoms with Crippen molar-refractivity contribution in [1.82, 2.24) is 4.90 Å². The molecule has 0 bridgehead atoms. The Hall–Kier alpha value is -1.51. The Morgan fingerprint density at radius 1 is 1.39 bits per heavy atom. The first kappa shape index (κ1) is 14.6. The number of nitrogens with zero attached hydrogens (tertiary/aromatic N) is 1. The van der Waals surface area contributed by atoms with Crippen LogP contribution in [0.3, 0.4) is 0 Å². The summed E-state index contributed by atoms with van der Waals surface area (Å²) in [5, 5.41) is 0. The van der Waals surface area contributed by atoms with E-state index in [0.717, 1.165) is 30.6 Å². The van der Waals surface area contributed by atoms with Crippen LogP contribution in [0.2, 0.25) is 0 Å². The second-order valence-electron chi connectivity index (χ2n) is 4.68. The molecule has 0 saturated heterocycles. The van der Waals surface area contributed by atoms with Gasteiger partial charge in [0.25, 0.3) is 0 Å². The standard InChI is InChI=1S/C15H24N2O/c1-4-12(3)17(5-2)15(18)10-9-13-7-6-8-14(16)11-13/h6-8,11-12H,4-5,9-10,16H2,1-3H3. The van der Waals surface area contributed by atoms with Gasteiger partial charge in [0.2, 0.25) is 5.91 Å². The third kappa shape index (κ3) is 4.06. The fraction of sp³-hybridized carbons (Fsp3) is 0.533. The van der Waals surface area contributed by atoms with Gasteiger partial charge in [0.1, 0.15) is 0 Å².